The van der Waals surface area contributed by atoms with Crippen LogP contribution in [-0.2, 0) is 28.3 Å². The van der Waals surface area contributed by atoms with Crippen molar-refractivity contribution in [1.29, 1.82) is 0 Å². The predicted octanol–water partition coefficient (Wildman–Crippen LogP) is 2.10. The van der Waals surface area contributed by atoms with E-state index >= 15 is 0 Å². The fourth-order valence-corrected chi connectivity index (χ4v) is 3.73. The van der Waals surface area contributed by atoms with Gasteiger partial charge in [-0.2, -0.15) is 0 Å². The van der Waals surface area contributed by atoms with Crippen molar-refractivity contribution < 1.29 is 23.4 Å². The smallest absolute Gasteiger partial charge is 0.303 e. The molecule has 0 aliphatic heterocycles. The lowest BCUT2D eigenvalue weighted by Crippen LogP contribution is -2.26. The lowest BCUT2D eigenvalue weighted by molar-refractivity contribution is -0.137. The number of aromatic nitrogens is 1. The average molecular weight is 401 g/mol. The number of hydrogen-bond donors (Lipinski definition) is 3. The van der Waals surface area contributed by atoms with Crippen LogP contribution in [0.25, 0.3) is 0 Å². The van der Waals surface area contributed by atoms with E-state index in [-0.39, 0.29) is 24.3 Å². The number of halogens is 1. The highest BCUT2D eigenvalue weighted by atomic mass is 35.5. The maximum atomic E-state index is 12.2. The van der Waals surface area contributed by atoms with E-state index in [1.165, 1.54) is 24.3 Å². The van der Waals surface area contributed by atoms with Gasteiger partial charge < -0.3 is 14.8 Å². The Hall–Kier alpha value is -1.87. The van der Waals surface area contributed by atoms with Gasteiger partial charge in [-0.1, -0.05) is 11.6 Å². The zero-order chi connectivity index (χ0) is 19.3. The second kappa shape index (κ2) is 8.68. The Kier molecular flexibility index (Phi) is 6.82. The highest BCUT2D eigenvalue weighted by Crippen LogP contribution is 2.21. The second-order valence-electron chi connectivity index (χ2n) is 5.86. The number of aliphatic hydroxyl groups is 1. The molecule has 2 aromatic rings. The summed E-state index contributed by atoms with van der Waals surface area (Å²) in [6.07, 6.45) is -0.455. The number of nitrogens with zero attached hydrogens (tertiary/aromatic N) is 1. The van der Waals surface area contributed by atoms with Crippen molar-refractivity contribution in [2.45, 2.75) is 30.3 Å². The fraction of sp³-hybridized carbons (Fsp3) is 0.353. The van der Waals surface area contributed by atoms with Crippen molar-refractivity contribution in [2.24, 2.45) is 7.05 Å². The highest BCUT2D eigenvalue weighted by Gasteiger charge is 2.16. The molecule has 0 amide bonds. The summed E-state index contributed by atoms with van der Waals surface area (Å²) in [5.74, 6) is -0.963. The van der Waals surface area contributed by atoms with Gasteiger partial charge in [0.05, 0.1) is 11.0 Å². The van der Waals surface area contributed by atoms with Crippen LogP contribution in [0.3, 0.4) is 0 Å². The lowest BCUT2D eigenvalue weighted by Gasteiger charge is -2.13. The number of aliphatic carboxylic acids is 1. The molecule has 0 fully saturated rings. The zero-order valence-electron chi connectivity index (χ0n) is 14.2. The number of aliphatic hydroxyl groups excluding tert-OH is 1. The zero-order valence-corrected chi connectivity index (χ0v) is 15.8. The Morgan fingerprint density at radius 1 is 1.23 bits per heavy atom. The molecule has 0 aliphatic carbocycles. The van der Waals surface area contributed by atoms with Crippen LogP contribution in [0.1, 0.15) is 30.3 Å². The molecule has 7 nitrogen and oxygen atoms in total. The molecule has 26 heavy (non-hydrogen) atoms. The van der Waals surface area contributed by atoms with E-state index in [0.29, 0.717) is 17.1 Å². The van der Waals surface area contributed by atoms with Crippen molar-refractivity contribution in [3.8, 4) is 0 Å². The van der Waals surface area contributed by atoms with Crippen LogP contribution < -0.4 is 4.72 Å². The molecule has 3 N–H and O–H groups in total. The SMILES string of the molecule is Cn1c(CCNS(=O)(=O)c2ccc(Cl)cc2)ccc1C(O)CCC(=O)O. The van der Waals surface area contributed by atoms with Gasteiger partial charge in [0.15, 0.2) is 0 Å². The summed E-state index contributed by atoms with van der Waals surface area (Å²) in [6.45, 7) is 0.188. The van der Waals surface area contributed by atoms with E-state index in [0.717, 1.165) is 5.69 Å². The number of carboxylic acids is 1. The molecule has 9 heteroatoms. The van der Waals surface area contributed by atoms with E-state index in [4.69, 9.17) is 16.7 Å². The van der Waals surface area contributed by atoms with Crippen molar-refractivity contribution in [3.05, 3.63) is 52.8 Å². The summed E-state index contributed by atoms with van der Waals surface area (Å²) in [5, 5.41) is 19.2. The van der Waals surface area contributed by atoms with Crippen LogP contribution in [0, 0.1) is 0 Å². The normalized spacial score (nSPS) is 12.9. The average Bonchev–Trinajstić information content (AvgIpc) is 2.94. The molecule has 0 saturated heterocycles. The maximum absolute atomic E-state index is 12.2. The third kappa shape index (κ3) is 5.31. The minimum Gasteiger partial charge on any atom is -0.481 e. The van der Waals surface area contributed by atoms with Crippen LogP contribution >= 0.6 is 11.6 Å². The van der Waals surface area contributed by atoms with E-state index in [1.54, 1.807) is 23.7 Å². The first-order valence-electron chi connectivity index (χ1n) is 8.00. The van der Waals surface area contributed by atoms with Gasteiger partial charge in [0.1, 0.15) is 0 Å². The Balaban J connectivity index is 1.95. The minimum atomic E-state index is -3.62. The molecule has 0 saturated carbocycles. The Labute approximate surface area is 157 Å². The molecule has 0 bridgehead atoms. The number of hydrogen-bond acceptors (Lipinski definition) is 4. The second-order valence-corrected chi connectivity index (χ2v) is 8.06. The monoisotopic (exact) mass is 400 g/mol. The Morgan fingerprint density at radius 2 is 1.88 bits per heavy atom. The van der Waals surface area contributed by atoms with Gasteiger partial charge in [0.25, 0.3) is 0 Å². The summed E-state index contributed by atoms with van der Waals surface area (Å²) < 4.78 is 28.7. The van der Waals surface area contributed by atoms with E-state index in [1.807, 2.05) is 0 Å². The molecule has 1 aromatic heterocycles. The lowest BCUT2D eigenvalue weighted by atomic mass is 10.1. The molecule has 0 spiro atoms. The van der Waals surface area contributed by atoms with Crippen molar-refractivity contribution in [1.82, 2.24) is 9.29 Å². The fourth-order valence-electron chi connectivity index (χ4n) is 2.58. The summed E-state index contributed by atoms with van der Waals surface area (Å²) in [5.41, 5.74) is 1.43. The van der Waals surface area contributed by atoms with Gasteiger partial charge >= 0.3 is 5.97 Å². The van der Waals surface area contributed by atoms with Gasteiger partial charge in [-0.15, -0.1) is 0 Å². The van der Waals surface area contributed by atoms with E-state index < -0.39 is 22.1 Å². The summed E-state index contributed by atoms with van der Waals surface area (Å²) in [4.78, 5) is 10.7. The molecule has 1 aromatic carbocycles. The minimum absolute atomic E-state index is 0.121. The predicted molar refractivity (Wildman–Crippen MR) is 97.6 cm³/mol. The van der Waals surface area contributed by atoms with Crippen LogP contribution in [0.5, 0.6) is 0 Å². The van der Waals surface area contributed by atoms with Gasteiger partial charge in [0.2, 0.25) is 10.0 Å². The van der Waals surface area contributed by atoms with Gasteiger partial charge in [-0.3, -0.25) is 4.79 Å². The third-order valence-corrected chi connectivity index (χ3v) is 5.76. The largest absolute Gasteiger partial charge is 0.481 e. The molecule has 1 atom stereocenters. The van der Waals surface area contributed by atoms with Crippen LogP contribution in [0.2, 0.25) is 5.02 Å². The molecule has 0 radical (unpaired) electrons. The van der Waals surface area contributed by atoms with Crippen LogP contribution in [-0.4, -0.2) is 35.7 Å². The molecule has 1 heterocycles. The summed E-state index contributed by atoms with van der Waals surface area (Å²) in [6, 6.07) is 9.40. The van der Waals surface area contributed by atoms with Crippen LogP contribution in [0.4, 0.5) is 0 Å². The molecular weight excluding hydrogens is 380 g/mol. The maximum Gasteiger partial charge on any atom is 0.303 e. The first kappa shape index (κ1) is 20.4. The first-order valence-corrected chi connectivity index (χ1v) is 9.86. The number of carboxylic acid groups (broad SMARTS) is 1. The third-order valence-electron chi connectivity index (χ3n) is 4.03. The van der Waals surface area contributed by atoms with Crippen LogP contribution in [0.15, 0.2) is 41.3 Å². The molecule has 142 valence electrons. The summed E-state index contributed by atoms with van der Waals surface area (Å²) in [7, 11) is -1.87. The first-order chi connectivity index (χ1) is 12.2. The molecule has 2 rings (SSSR count). The quantitative estimate of drug-likeness (QED) is 0.597. The highest BCUT2D eigenvalue weighted by molar-refractivity contribution is 7.89. The number of nitrogens with one attached hydrogen (secondary N) is 1. The van der Waals surface area contributed by atoms with E-state index in [2.05, 4.69) is 4.72 Å². The summed E-state index contributed by atoms with van der Waals surface area (Å²) >= 11 is 5.76. The van der Waals surface area contributed by atoms with Gasteiger partial charge in [-0.05, 0) is 42.8 Å². The standard InChI is InChI=1S/C17H21ClN2O5S/c1-20-13(4-7-15(20)16(21)8-9-17(22)23)10-11-19-26(24,25)14-5-2-12(18)3-6-14/h2-7,16,19,21H,8-11H2,1H3,(H,22,23). The number of benzene rings is 1. The number of sulfonamides is 1. The molecule has 0 aliphatic rings. The van der Waals surface area contributed by atoms with Crippen molar-refractivity contribution in [3.63, 3.8) is 0 Å². The van der Waals surface area contributed by atoms with Gasteiger partial charge in [0, 0.05) is 42.8 Å². The molecular formula is C17H21ClN2O5S. The van der Waals surface area contributed by atoms with E-state index in [9.17, 15) is 18.3 Å². The molecule has 1 unspecified atom stereocenters. The Morgan fingerprint density at radius 3 is 2.50 bits per heavy atom. The topological polar surface area (TPSA) is 109 Å². The van der Waals surface area contributed by atoms with Crippen molar-refractivity contribution in [2.75, 3.05) is 6.54 Å². The van der Waals surface area contributed by atoms with Gasteiger partial charge in [-0.25, -0.2) is 13.1 Å². The Bertz CT molecular complexity index is 862. The number of carbonyl (C=O) groups is 1. The van der Waals surface area contributed by atoms with Crippen molar-refractivity contribution >= 4 is 27.6 Å². The number of rotatable bonds is 9.